The molecule has 37 heavy (non-hydrogen) atoms. The number of nitrogens with zero attached hydrogens (tertiary/aromatic N) is 3. The number of fused-ring (bicyclic) bond motifs is 1. The van der Waals surface area contributed by atoms with Gasteiger partial charge in [-0.3, -0.25) is 10.2 Å². The van der Waals surface area contributed by atoms with E-state index in [0.29, 0.717) is 42.1 Å². The quantitative estimate of drug-likeness (QED) is 0.319. The van der Waals surface area contributed by atoms with Crippen LogP contribution in [0.25, 0.3) is 6.08 Å². The summed E-state index contributed by atoms with van der Waals surface area (Å²) in [7, 11) is 0. The highest BCUT2D eigenvalue weighted by Crippen LogP contribution is 2.33. The minimum Gasteiger partial charge on any atom is -0.490 e. The van der Waals surface area contributed by atoms with Gasteiger partial charge in [0.1, 0.15) is 24.0 Å². The third-order valence-electron chi connectivity index (χ3n) is 5.67. The minimum absolute atomic E-state index is 0.0102. The van der Waals surface area contributed by atoms with Crippen LogP contribution in [0, 0.1) is 18.3 Å². The Hall–Kier alpha value is -3.59. The highest BCUT2D eigenvalue weighted by Gasteiger charge is 2.36. The average Bonchev–Trinajstić information content (AvgIpc) is 3.30. The first-order valence-corrected chi connectivity index (χ1v) is 13.2. The largest absolute Gasteiger partial charge is 0.490 e. The summed E-state index contributed by atoms with van der Waals surface area (Å²) >= 11 is 1.33. The van der Waals surface area contributed by atoms with Gasteiger partial charge in [0.15, 0.2) is 17.3 Å². The van der Waals surface area contributed by atoms with Gasteiger partial charge in [-0.05, 0) is 79.1 Å². The summed E-state index contributed by atoms with van der Waals surface area (Å²) in [6.07, 6.45) is 2.59. The van der Waals surface area contributed by atoms with Crippen LogP contribution in [0.2, 0.25) is 0 Å². The number of aryl methyl sites for hydroxylation is 2. The fraction of sp³-hybridized carbons (Fsp3) is 0.357. The van der Waals surface area contributed by atoms with Crippen molar-refractivity contribution in [3.05, 3.63) is 58.7 Å². The van der Waals surface area contributed by atoms with E-state index in [4.69, 9.17) is 19.6 Å². The Kier molecular flexibility index (Phi) is 8.33. The van der Waals surface area contributed by atoms with Crippen LogP contribution in [0.15, 0.2) is 52.1 Å². The van der Waals surface area contributed by atoms with Crippen molar-refractivity contribution in [3.63, 3.8) is 0 Å². The Morgan fingerprint density at radius 2 is 1.84 bits per heavy atom. The van der Waals surface area contributed by atoms with Crippen LogP contribution in [0.5, 0.6) is 17.2 Å². The van der Waals surface area contributed by atoms with E-state index in [1.54, 1.807) is 18.2 Å². The summed E-state index contributed by atoms with van der Waals surface area (Å²) in [5, 5.41) is 15.7. The van der Waals surface area contributed by atoms with Crippen molar-refractivity contribution >= 4 is 39.8 Å². The van der Waals surface area contributed by atoms with Crippen molar-refractivity contribution in [1.82, 2.24) is 5.01 Å². The zero-order valence-electron chi connectivity index (χ0n) is 21.8. The van der Waals surface area contributed by atoms with E-state index in [2.05, 4.69) is 30.0 Å². The van der Waals surface area contributed by atoms with Gasteiger partial charge in [-0.1, -0.05) is 32.9 Å². The van der Waals surface area contributed by atoms with E-state index in [9.17, 15) is 4.79 Å². The Labute approximate surface area is 221 Å². The van der Waals surface area contributed by atoms with Gasteiger partial charge in [0.25, 0.3) is 5.91 Å². The first kappa shape index (κ1) is 26.5. The fourth-order valence-electron chi connectivity index (χ4n) is 3.83. The maximum atomic E-state index is 12.7. The predicted octanol–water partition coefficient (Wildman–Crippen LogP) is 5.69. The summed E-state index contributed by atoms with van der Waals surface area (Å²) < 4.78 is 17.6. The summed E-state index contributed by atoms with van der Waals surface area (Å²) in [6.45, 7) is 11.3. The second-order valence-corrected chi connectivity index (χ2v) is 9.94. The molecule has 194 valence electrons. The molecule has 8 nitrogen and oxygen atoms in total. The van der Waals surface area contributed by atoms with Crippen molar-refractivity contribution < 1.29 is 19.0 Å². The minimum atomic E-state index is -0.457. The van der Waals surface area contributed by atoms with E-state index < -0.39 is 5.91 Å². The van der Waals surface area contributed by atoms with Crippen molar-refractivity contribution in [2.24, 2.45) is 16.0 Å². The summed E-state index contributed by atoms with van der Waals surface area (Å²) in [6, 6.07) is 11.6. The zero-order chi connectivity index (χ0) is 26.5. The van der Waals surface area contributed by atoms with E-state index in [1.165, 1.54) is 27.9 Å². The molecule has 0 aliphatic carbocycles. The Morgan fingerprint density at radius 3 is 2.57 bits per heavy atom. The third kappa shape index (κ3) is 6.22. The van der Waals surface area contributed by atoms with Crippen molar-refractivity contribution in [2.45, 2.75) is 41.0 Å². The highest BCUT2D eigenvalue weighted by molar-refractivity contribution is 8.27. The molecule has 0 fully saturated rings. The van der Waals surface area contributed by atoms with Gasteiger partial charge in [-0.25, -0.2) is 0 Å². The van der Waals surface area contributed by atoms with Crippen molar-refractivity contribution in [2.75, 3.05) is 19.8 Å². The Morgan fingerprint density at radius 1 is 1.05 bits per heavy atom. The molecule has 2 aliphatic heterocycles. The SMILES string of the molecule is CCOc1cc(/C=C2\C(=N)N3N=C(C(C)C)SC3=NC2=O)ccc1OCCOc1cc(C)cc(CC)c1. The first-order valence-electron chi connectivity index (χ1n) is 12.4. The molecule has 2 aliphatic rings. The molecule has 0 bridgehead atoms. The number of hydrogen-bond acceptors (Lipinski definition) is 7. The molecule has 0 saturated carbocycles. The van der Waals surface area contributed by atoms with Gasteiger partial charge in [-0.2, -0.15) is 15.1 Å². The van der Waals surface area contributed by atoms with Crippen LogP contribution in [-0.4, -0.2) is 46.8 Å². The topological polar surface area (TPSA) is 96.6 Å². The molecule has 2 heterocycles. The molecule has 0 aromatic heterocycles. The second kappa shape index (κ2) is 11.6. The molecule has 2 aromatic carbocycles. The van der Waals surface area contributed by atoms with E-state index >= 15 is 0 Å². The molecular formula is C28H32N4O4S. The van der Waals surface area contributed by atoms with Crippen LogP contribution in [0.1, 0.15) is 44.4 Å². The molecule has 2 aromatic rings. The third-order valence-corrected chi connectivity index (χ3v) is 6.88. The number of amidine groups is 2. The number of ether oxygens (including phenoxy) is 3. The van der Waals surface area contributed by atoms with Crippen LogP contribution in [0.3, 0.4) is 0 Å². The molecule has 1 amide bonds. The lowest BCUT2D eigenvalue weighted by molar-refractivity contribution is -0.114. The van der Waals surface area contributed by atoms with Gasteiger partial charge >= 0.3 is 0 Å². The van der Waals surface area contributed by atoms with Crippen LogP contribution >= 0.6 is 11.8 Å². The smallest absolute Gasteiger partial charge is 0.283 e. The van der Waals surface area contributed by atoms with Crippen molar-refractivity contribution in [3.8, 4) is 17.2 Å². The normalized spacial score (nSPS) is 16.2. The molecule has 0 radical (unpaired) electrons. The van der Waals surface area contributed by atoms with Gasteiger partial charge in [0, 0.05) is 5.92 Å². The summed E-state index contributed by atoms with van der Waals surface area (Å²) in [4.78, 5) is 16.8. The number of carbonyl (C=O) groups excluding carboxylic acids is 1. The lowest BCUT2D eigenvalue weighted by atomic mass is 10.1. The molecule has 1 N–H and O–H groups in total. The zero-order valence-corrected chi connectivity index (χ0v) is 22.6. The summed E-state index contributed by atoms with van der Waals surface area (Å²) in [5.74, 6) is 1.71. The van der Waals surface area contributed by atoms with Crippen LogP contribution in [-0.2, 0) is 11.2 Å². The number of hydrogen-bond donors (Lipinski definition) is 1. The van der Waals surface area contributed by atoms with Crippen molar-refractivity contribution in [1.29, 1.82) is 5.41 Å². The monoisotopic (exact) mass is 520 g/mol. The number of carbonyl (C=O) groups is 1. The van der Waals surface area contributed by atoms with Gasteiger partial charge < -0.3 is 14.2 Å². The first-order chi connectivity index (χ1) is 17.8. The molecule has 0 spiro atoms. The predicted molar refractivity (Wildman–Crippen MR) is 149 cm³/mol. The molecule has 0 saturated heterocycles. The van der Waals surface area contributed by atoms with Gasteiger partial charge in [0.05, 0.1) is 12.2 Å². The Bertz CT molecular complexity index is 1300. The highest BCUT2D eigenvalue weighted by atomic mass is 32.2. The van der Waals surface area contributed by atoms with E-state index in [-0.39, 0.29) is 17.3 Å². The number of benzene rings is 2. The number of thioether (sulfide) groups is 1. The fourth-order valence-corrected chi connectivity index (χ4v) is 4.72. The molecular weight excluding hydrogens is 488 g/mol. The number of aliphatic imine (C=N–C) groups is 1. The van der Waals surface area contributed by atoms with Crippen LogP contribution in [0.4, 0.5) is 0 Å². The average molecular weight is 521 g/mol. The van der Waals surface area contributed by atoms with E-state index in [1.807, 2.05) is 39.0 Å². The molecule has 0 atom stereocenters. The maximum absolute atomic E-state index is 12.7. The lowest BCUT2D eigenvalue weighted by Crippen LogP contribution is -2.35. The number of hydrazone groups is 1. The number of amides is 1. The standard InChI is InChI=1S/C28H32N4O4S/c1-6-19-12-18(5)13-21(14-19)35-10-11-36-23-9-8-20(16-24(23)34-7-2)15-22-25(29)32-28(30-26(22)33)37-27(31-32)17(3)4/h8-9,12-17,29H,6-7,10-11H2,1-5H3/b22-15+,29-25?. The Balaban J connectivity index is 1.46. The van der Waals surface area contributed by atoms with E-state index in [0.717, 1.165) is 17.2 Å². The maximum Gasteiger partial charge on any atom is 0.283 e. The lowest BCUT2D eigenvalue weighted by Gasteiger charge is -2.20. The van der Waals surface area contributed by atoms with Crippen LogP contribution < -0.4 is 14.2 Å². The van der Waals surface area contributed by atoms with Gasteiger partial charge in [0.2, 0.25) is 5.17 Å². The molecule has 4 rings (SSSR count). The second-order valence-electron chi connectivity index (χ2n) is 8.96. The number of rotatable bonds is 10. The summed E-state index contributed by atoms with van der Waals surface area (Å²) in [5.41, 5.74) is 3.28. The van der Waals surface area contributed by atoms with Gasteiger partial charge in [-0.15, -0.1) is 0 Å². The number of nitrogens with one attached hydrogen (secondary N) is 1. The molecule has 9 heteroatoms. The molecule has 0 unspecified atom stereocenters.